The molecule has 1 unspecified atom stereocenters. The Labute approximate surface area is 107 Å². The monoisotopic (exact) mass is 304 g/mol. The third-order valence-corrected chi connectivity index (χ3v) is 2.71. The second-order valence-electron chi connectivity index (χ2n) is 3.51. The standard InChI is InChI=1S/C11H14BrFN2O2/c1-7(15-4-5-17-11(14)16)9-6-8(12)2-3-10(9)13/h2-3,6-7,15H,4-5H2,1H3,(H2,14,16). The highest BCUT2D eigenvalue weighted by Gasteiger charge is 2.10. The fourth-order valence-corrected chi connectivity index (χ4v) is 1.76. The minimum atomic E-state index is -0.812. The average molecular weight is 305 g/mol. The van der Waals surface area contributed by atoms with Crippen molar-refractivity contribution in [2.24, 2.45) is 5.73 Å². The lowest BCUT2D eigenvalue weighted by Crippen LogP contribution is -2.26. The van der Waals surface area contributed by atoms with Gasteiger partial charge in [0.2, 0.25) is 0 Å². The summed E-state index contributed by atoms with van der Waals surface area (Å²) in [7, 11) is 0. The topological polar surface area (TPSA) is 64.3 Å². The number of nitrogens with one attached hydrogen (secondary N) is 1. The largest absolute Gasteiger partial charge is 0.448 e. The van der Waals surface area contributed by atoms with Gasteiger partial charge in [-0.1, -0.05) is 15.9 Å². The molecule has 0 saturated carbocycles. The van der Waals surface area contributed by atoms with Crippen molar-refractivity contribution in [3.8, 4) is 0 Å². The smallest absolute Gasteiger partial charge is 0.404 e. The van der Waals surface area contributed by atoms with Crippen LogP contribution in [0.25, 0.3) is 0 Å². The van der Waals surface area contributed by atoms with Crippen LogP contribution in [0.4, 0.5) is 9.18 Å². The van der Waals surface area contributed by atoms with E-state index in [2.05, 4.69) is 26.0 Å². The van der Waals surface area contributed by atoms with Crippen molar-refractivity contribution in [2.45, 2.75) is 13.0 Å². The molecule has 6 heteroatoms. The molecule has 0 aliphatic heterocycles. The van der Waals surface area contributed by atoms with Gasteiger partial charge in [-0.25, -0.2) is 9.18 Å². The first-order valence-electron chi connectivity index (χ1n) is 5.11. The van der Waals surface area contributed by atoms with Gasteiger partial charge in [0.1, 0.15) is 12.4 Å². The molecule has 94 valence electrons. The maximum atomic E-state index is 13.5. The first-order chi connectivity index (χ1) is 8.00. The van der Waals surface area contributed by atoms with Crippen LogP contribution in [0.15, 0.2) is 22.7 Å². The van der Waals surface area contributed by atoms with Gasteiger partial charge in [0.05, 0.1) is 0 Å². The van der Waals surface area contributed by atoms with E-state index in [0.29, 0.717) is 12.1 Å². The van der Waals surface area contributed by atoms with Crippen LogP contribution >= 0.6 is 15.9 Å². The van der Waals surface area contributed by atoms with Gasteiger partial charge in [-0.15, -0.1) is 0 Å². The summed E-state index contributed by atoms with van der Waals surface area (Å²) in [6, 6.07) is 4.57. The Bertz CT molecular complexity index is 401. The molecular weight excluding hydrogens is 291 g/mol. The fraction of sp³-hybridized carbons (Fsp3) is 0.364. The van der Waals surface area contributed by atoms with Crippen LogP contribution in [0.5, 0.6) is 0 Å². The highest BCUT2D eigenvalue weighted by atomic mass is 79.9. The van der Waals surface area contributed by atoms with Crippen molar-refractivity contribution in [3.63, 3.8) is 0 Å². The number of benzene rings is 1. The van der Waals surface area contributed by atoms with Gasteiger partial charge in [-0.3, -0.25) is 0 Å². The molecule has 0 aliphatic rings. The van der Waals surface area contributed by atoms with E-state index in [4.69, 9.17) is 5.73 Å². The molecule has 0 heterocycles. The van der Waals surface area contributed by atoms with Gasteiger partial charge >= 0.3 is 6.09 Å². The molecular formula is C11H14BrFN2O2. The van der Waals surface area contributed by atoms with Gasteiger partial charge in [0, 0.05) is 22.6 Å². The van der Waals surface area contributed by atoms with Crippen LogP contribution < -0.4 is 11.1 Å². The Kier molecular flexibility index (Phi) is 5.37. The summed E-state index contributed by atoms with van der Waals surface area (Å²) in [6.07, 6.45) is -0.812. The minimum absolute atomic E-state index is 0.162. The van der Waals surface area contributed by atoms with Crippen LogP contribution in [0.1, 0.15) is 18.5 Å². The molecule has 1 atom stereocenters. The van der Waals surface area contributed by atoms with Crippen molar-refractivity contribution < 1.29 is 13.9 Å². The first-order valence-corrected chi connectivity index (χ1v) is 5.90. The van der Waals surface area contributed by atoms with Crippen LogP contribution in [-0.2, 0) is 4.74 Å². The first kappa shape index (κ1) is 13.9. The van der Waals surface area contributed by atoms with E-state index in [9.17, 15) is 9.18 Å². The number of primary amides is 1. The summed E-state index contributed by atoms with van der Waals surface area (Å²) >= 11 is 3.29. The number of rotatable bonds is 5. The SMILES string of the molecule is CC(NCCOC(N)=O)c1cc(Br)ccc1F. The van der Waals surface area contributed by atoms with E-state index in [1.165, 1.54) is 6.07 Å². The predicted octanol–water partition coefficient (Wildman–Crippen LogP) is 2.33. The average Bonchev–Trinajstić information content (AvgIpc) is 2.27. The molecule has 0 bridgehead atoms. The van der Waals surface area contributed by atoms with E-state index in [-0.39, 0.29) is 18.5 Å². The molecule has 3 N–H and O–H groups in total. The number of nitrogens with two attached hydrogens (primary N) is 1. The summed E-state index contributed by atoms with van der Waals surface area (Å²) in [5.41, 5.74) is 5.36. The second-order valence-corrected chi connectivity index (χ2v) is 4.42. The van der Waals surface area contributed by atoms with Gasteiger partial charge < -0.3 is 15.8 Å². The normalized spacial score (nSPS) is 12.2. The number of amides is 1. The molecule has 0 fully saturated rings. The number of hydrogen-bond donors (Lipinski definition) is 2. The zero-order valence-electron chi connectivity index (χ0n) is 9.37. The minimum Gasteiger partial charge on any atom is -0.448 e. The summed E-state index contributed by atoms with van der Waals surface area (Å²) < 4.78 is 18.9. The Morgan fingerprint density at radius 2 is 2.35 bits per heavy atom. The number of carbonyl (C=O) groups is 1. The quantitative estimate of drug-likeness (QED) is 0.821. The van der Waals surface area contributed by atoms with Crippen LogP contribution in [0.2, 0.25) is 0 Å². The van der Waals surface area contributed by atoms with Crippen molar-refractivity contribution in [2.75, 3.05) is 13.2 Å². The van der Waals surface area contributed by atoms with Gasteiger partial charge in [-0.2, -0.15) is 0 Å². The molecule has 0 aromatic heterocycles. The Balaban J connectivity index is 2.49. The fourth-order valence-electron chi connectivity index (χ4n) is 1.38. The molecule has 1 aromatic rings. The van der Waals surface area contributed by atoms with Gasteiger partial charge in [-0.05, 0) is 25.1 Å². The van der Waals surface area contributed by atoms with Crippen molar-refractivity contribution in [1.82, 2.24) is 5.32 Å². The van der Waals surface area contributed by atoms with E-state index in [1.807, 2.05) is 6.92 Å². The number of carbonyl (C=O) groups excluding carboxylic acids is 1. The van der Waals surface area contributed by atoms with Gasteiger partial charge in [0.15, 0.2) is 0 Å². The molecule has 1 aromatic carbocycles. The van der Waals surface area contributed by atoms with E-state index in [0.717, 1.165) is 4.47 Å². The Hall–Kier alpha value is -1.14. The molecule has 0 aliphatic carbocycles. The van der Waals surface area contributed by atoms with Crippen LogP contribution in [0, 0.1) is 5.82 Å². The molecule has 1 rings (SSSR count). The molecule has 17 heavy (non-hydrogen) atoms. The molecule has 1 amide bonds. The third kappa shape index (κ3) is 4.70. The summed E-state index contributed by atoms with van der Waals surface area (Å²) in [5.74, 6) is -0.274. The molecule has 0 spiro atoms. The maximum Gasteiger partial charge on any atom is 0.404 e. The maximum absolute atomic E-state index is 13.5. The zero-order valence-corrected chi connectivity index (χ0v) is 11.0. The summed E-state index contributed by atoms with van der Waals surface area (Å²) in [5, 5.41) is 3.03. The van der Waals surface area contributed by atoms with Crippen LogP contribution in [0.3, 0.4) is 0 Å². The number of ether oxygens (including phenoxy) is 1. The second kappa shape index (κ2) is 6.56. The third-order valence-electron chi connectivity index (χ3n) is 2.22. The van der Waals surface area contributed by atoms with Gasteiger partial charge in [0.25, 0.3) is 0 Å². The van der Waals surface area contributed by atoms with E-state index in [1.54, 1.807) is 12.1 Å². The van der Waals surface area contributed by atoms with Crippen molar-refractivity contribution in [1.29, 1.82) is 0 Å². The van der Waals surface area contributed by atoms with Crippen molar-refractivity contribution in [3.05, 3.63) is 34.1 Å². The molecule has 0 saturated heterocycles. The highest BCUT2D eigenvalue weighted by Crippen LogP contribution is 2.21. The lowest BCUT2D eigenvalue weighted by molar-refractivity contribution is 0.156. The zero-order chi connectivity index (χ0) is 12.8. The summed E-state index contributed by atoms with van der Waals surface area (Å²) in [4.78, 5) is 10.3. The summed E-state index contributed by atoms with van der Waals surface area (Å²) in [6.45, 7) is 2.40. The predicted molar refractivity (Wildman–Crippen MR) is 66.1 cm³/mol. The van der Waals surface area contributed by atoms with E-state index < -0.39 is 6.09 Å². The van der Waals surface area contributed by atoms with Crippen LogP contribution in [-0.4, -0.2) is 19.2 Å². The number of hydrogen-bond acceptors (Lipinski definition) is 3. The highest BCUT2D eigenvalue weighted by molar-refractivity contribution is 9.10. The lowest BCUT2D eigenvalue weighted by atomic mass is 10.1. The van der Waals surface area contributed by atoms with Crippen molar-refractivity contribution >= 4 is 22.0 Å². The lowest BCUT2D eigenvalue weighted by Gasteiger charge is -2.15. The molecule has 4 nitrogen and oxygen atoms in total. The molecule has 0 radical (unpaired) electrons. The van der Waals surface area contributed by atoms with E-state index >= 15 is 0 Å². The Morgan fingerprint density at radius 1 is 1.65 bits per heavy atom. The Morgan fingerprint density at radius 3 is 3.00 bits per heavy atom. The number of halogens is 2.